The highest BCUT2D eigenvalue weighted by atomic mass is 31.0. The molecule has 0 bridgehead atoms. The summed E-state index contributed by atoms with van der Waals surface area (Å²) in [4.78, 5) is 2.75. The Hall–Kier alpha value is -0.640. The average Bonchev–Trinajstić information content (AvgIpc) is 2.62. The smallest absolute Gasteiger partial charge is 0.205 e. The molecule has 1 unspecified atom stereocenters. The van der Waals surface area contributed by atoms with Crippen molar-refractivity contribution >= 4 is 9.47 Å². The van der Waals surface area contributed by atoms with E-state index in [1.807, 2.05) is 6.92 Å². The van der Waals surface area contributed by atoms with Crippen molar-refractivity contribution in [2.45, 2.75) is 13.3 Å². The summed E-state index contributed by atoms with van der Waals surface area (Å²) >= 11 is 0. The zero-order valence-electron chi connectivity index (χ0n) is 7.66. The van der Waals surface area contributed by atoms with Gasteiger partial charge in [-0.15, -0.1) is 0 Å². The third-order valence-electron chi connectivity index (χ3n) is 0.822. The Kier molecular flexibility index (Phi) is 19.4. The third-order valence-corrected chi connectivity index (χ3v) is 1.16. The zero-order valence-corrected chi connectivity index (χ0v) is 8.81. The first-order valence-electron chi connectivity index (χ1n) is 3.72. The number of hydrogen-bond donors (Lipinski definition) is 0. The first kappa shape index (κ1) is 13.9. The molecule has 0 fully saturated rings. The lowest BCUT2D eigenvalue weighted by Gasteiger charge is -1.75. The number of nitrogens with zero attached hydrogens (tertiary/aromatic N) is 1. The molecule has 1 aliphatic carbocycles. The molecule has 0 radical (unpaired) electrons. The number of allylic oxidation sites excluding steroid dienone is 4. The monoisotopic (exact) mass is 185 g/mol. The summed E-state index contributed by atoms with van der Waals surface area (Å²) < 4.78 is 4.46. The lowest BCUT2D eigenvalue weighted by Crippen LogP contribution is -1.63. The lowest BCUT2D eigenvalue weighted by atomic mass is 10.5. The largest absolute Gasteiger partial charge is 0.366 e. The SMILES string of the molecule is C1=CCC=C1.CCOP.[C-]#[N+]C. The predicted molar refractivity (Wildman–Crippen MR) is 56.8 cm³/mol. The minimum absolute atomic E-state index is 0.782. The van der Waals surface area contributed by atoms with E-state index in [0.29, 0.717) is 0 Å². The standard InChI is InChI=1S/C5H6.C2H3N.C2H7OP/c1-2-4-5-3-1;1-3-2;1-2-3-4/h1-4H,5H2;1H3;2,4H2,1H3. The van der Waals surface area contributed by atoms with Crippen molar-refractivity contribution in [2.75, 3.05) is 13.7 Å². The van der Waals surface area contributed by atoms with Gasteiger partial charge >= 0.3 is 0 Å². The van der Waals surface area contributed by atoms with Crippen LogP contribution in [-0.2, 0) is 4.52 Å². The van der Waals surface area contributed by atoms with Gasteiger partial charge in [0.1, 0.15) is 0 Å². The van der Waals surface area contributed by atoms with E-state index in [0.717, 1.165) is 13.0 Å². The minimum atomic E-state index is 0.782. The van der Waals surface area contributed by atoms with Crippen molar-refractivity contribution in [3.8, 4) is 0 Å². The van der Waals surface area contributed by atoms with Crippen LogP contribution >= 0.6 is 9.47 Å². The van der Waals surface area contributed by atoms with Crippen LogP contribution in [0, 0.1) is 6.57 Å². The van der Waals surface area contributed by atoms with Crippen molar-refractivity contribution in [2.24, 2.45) is 0 Å². The summed E-state index contributed by atoms with van der Waals surface area (Å²) in [6.07, 6.45) is 9.50. The minimum Gasteiger partial charge on any atom is -0.366 e. The van der Waals surface area contributed by atoms with E-state index >= 15 is 0 Å². The molecule has 0 N–H and O–H groups in total. The Morgan fingerprint density at radius 2 is 1.83 bits per heavy atom. The fourth-order valence-electron chi connectivity index (χ4n) is 0.393. The van der Waals surface area contributed by atoms with Gasteiger partial charge in [-0.1, -0.05) is 24.3 Å². The molecule has 68 valence electrons. The van der Waals surface area contributed by atoms with Crippen molar-refractivity contribution in [3.63, 3.8) is 0 Å². The van der Waals surface area contributed by atoms with Gasteiger partial charge in [0.2, 0.25) is 7.05 Å². The molecule has 0 heterocycles. The highest BCUT2D eigenvalue weighted by Gasteiger charge is 1.72. The second kappa shape index (κ2) is 16.8. The van der Waals surface area contributed by atoms with E-state index in [1.54, 1.807) is 0 Å². The molecule has 0 saturated carbocycles. The predicted octanol–water partition coefficient (Wildman–Crippen LogP) is 2.85. The number of hydrogen-bond acceptors (Lipinski definition) is 1. The molecule has 2 nitrogen and oxygen atoms in total. The summed E-state index contributed by atoms with van der Waals surface area (Å²) in [5.74, 6) is 0. The Bertz CT molecular complexity index is 146. The topological polar surface area (TPSA) is 13.6 Å². The van der Waals surface area contributed by atoms with Gasteiger partial charge in [-0.05, 0) is 13.3 Å². The summed E-state index contributed by atoms with van der Waals surface area (Å²) in [5, 5.41) is 0. The molecule has 0 aromatic rings. The highest BCUT2D eigenvalue weighted by Crippen LogP contribution is 1.93. The lowest BCUT2D eigenvalue weighted by molar-refractivity contribution is 0.400. The van der Waals surface area contributed by atoms with E-state index < -0.39 is 0 Å². The summed E-state index contributed by atoms with van der Waals surface area (Å²) in [7, 11) is 3.57. The molecule has 0 spiro atoms. The molecule has 1 atom stereocenters. The molecular formula is C9H16NOP. The van der Waals surface area contributed by atoms with Gasteiger partial charge in [-0.3, -0.25) is 0 Å². The van der Waals surface area contributed by atoms with Crippen LogP contribution < -0.4 is 0 Å². The molecule has 0 saturated heterocycles. The molecule has 3 heteroatoms. The normalized spacial score (nSPS) is 10.5. The van der Waals surface area contributed by atoms with Gasteiger partial charge in [0.15, 0.2) is 0 Å². The van der Waals surface area contributed by atoms with Crippen LogP contribution in [0.15, 0.2) is 24.3 Å². The Morgan fingerprint density at radius 1 is 1.50 bits per heavy atom. The molecule has 12 heavy (non-hydrogen) atoms. The molecule has 1 rings (SSSR count). The maximum Gasteiger partial charge on any atom is 0.205 e. The maximum absolute atomic E-state index is 5.83. The zero-order chi connectivity index (χ0) is 9.66. The van der Waals surface area contributed by atoms with Gasteiger partial charge in [0, 0.05) is 16.1 Å². The van der Waals surface area contributed by atoms with E-state index in [-0.39, 0.29) is 0 Å². The van der Waals surface area contributed by atoms with Crippen LogP contribution in [0.5, 0.6) is 0 Å². The maximum atomic E-state index is 5.83. The van der Waals surface area contributed by atoms with Gasteiger partial charge < -0.3 is 9.37 Å². The summed E-state index contributed by atoms with van der Waals surface area (Å²) in [5.41, 5.74) is 0. The van der Waals surface area contributed by atoms with Crippen molar-refractivity contribution in [1.82, 2.24) is 0 Å². The van der Waals surface area contributed by atoms with Crippen LogP contribution in [0.3, 0.4) is 0 Å². The van der Waals surface area contributed by atoms with E-state index in [1.165, 1.54) is 7.05 Å². The first-order valence-corrected chi connectivity index (χ1v) is 4.19. The van der Waals surface area contributed by atoms with Gasteiger partial charge in [0.25, 0.3) is 0 Å². The molecule has 0 aromatic heterocycles. The van der Waals surface area contributed by atoms with Crippen molar-refractivity contribution in [3.05, 3.63) is 35.7 Å². The molecule has 0 aromatic carbocycles. The van der Waals surface area contributed by atoms with Crippen LogP contribution in [-0.4, -0.2) is 13.7 Å². The Morgan fingerprint density at radius 3 is 1.92 bits per heavy atom. The van der Waals surface area contributed by atoms with Crippen molar-refractivity contribution < 1.29 is 4.52 Å². The van der Waals surface area contributed by atoms with Gasteiger partial charge in [-0.25, -0.2) is 6.57 Å². The molecule has 1 aliphatic rings. The van der Waals surface area contributed by atoms with Crippen LogP contribution in [0.1, 0.15) is 13.3 Å². The summed E-state index contributed by atoms with van der Waals surface area (Å²) in [6.45, 7) is 8.55. The Balaban J connectivity index is 0. The molecule has 0 amide bonds. The highest BCUT2D eigenvalue weighted by molar-refractivity contribution is 7.09. The van der Waals surface area contributed by atoms with Crippen LogP contribution in [0.25, 0.3) is 4.85 Å². The fourth-order valence-corrected chi connectivity index (χ4v) is 0.393. The fraction of sp³-hybridized carbons (Fsp3) is 0.444. The quantitative estimate of drug-likeness (QED) is 0.452. The van der Waals surface area contributed by atoms with Gasteiger partial charge in [0.05, 0.1) is 0 Å². The molecule has 0 aliphatic heterocycles. The summed E-state index contributed by atoms with van der Waals surface area (Å²) in [6, 6.07) is 0. The van der Waals surface area contributed by atoms with E-state index in [2.05, 4.69) is 43.1 Å². The van der Waals surface area contributed by atoms with E-state index in [9.17, 15) is 0 Å². The van der Waals surface area contributed by atoms with Gasteiger partial charge in [-0.2, -0.15) is 0 Å². The van der Waals surface area contributed by atoms with Crippen LogP contribution in [0.2, 0.25) is 0 Å². The van der Waals surface area contributed by atoms with Crippen molar-refractivity contribution in [1.29, 1.82) is 0 Å². The number of rotatable bonds is 1. The van der Waals surface area contributed by atoms with Crippen LogP contribution in [0.4, 0.5) is 0 Å². The average molecular weight is 185 g/mol. The second-order valence-electron chi connectivity index (χ2n) is 1.77. The Labute approximate surface area is 77.4 Å². The second-order valence-corrected chi connectivity index (χ2v) is 2.10. The first-order chi connectivity index (χ1) is 5.83. The molecular weight excluding hydrogens is 169 g/mol. The van der Waals surface area contributed by atoms with E-state index in [4.69, 9.17) is 6.57 Å². The third kappa shape index (κ3) is 22.8.